The number of aliphatic hydroxyl groups is 5. The van der Waals surface area contributed by atoms with Crippen molar-refractivity contribution in [3.8, 4) is 0 Å². The molecule has 2 unspecified atom stereocenters. The Bertz CT molecular complexity index is 136. The average molecular weight is 230 g/mol. The molecule has 7 heteroatoms. The van der Waals surface area contributed by atoms with Crippen molar-refractivity contribution in [3.05, 3.63) is 0 Å². The maximum Gasteiger partial charge on any atom is 0.145 e. The van der Waals surface area contributed by atoms with Crippen LogP contribution in [0.15, 0.2) is 0 Å². The molecule has 0 aliphatic heterocycles. The van der Waals surface area contributed by atoms with E-state index in [0.717, 1.165) is 21.6 Å². The van der Waals surface area contributed by atoms with E-state index in [9.17, 15) is 5.11 Å². The highest BCUT2D eigenvalue weighted by Gasteiger charge is 2.27. The molecule has 0 rings (SSSR count). The van der Waals surface area contributed by atoms with E-state index < -0.39 is 23.6 Å². The second-order valence-electron chi connectivity index (χ2n) is 2.39. The van der Waals surface area contributed by atoms with Gasteiger partial charge in [0.15, 0.2) is 0 Å². The van der Waals surface area contributed by atoms with Gasteiger partial charge in [-0.05, 0) is 0 Å². The Labute approximate surface area is 84.2 Å². The van der Waals surface area contributed by atoms with Crippen molar-refractivity contribution in [3.63, 3.8) is 0 Å². The average Bonchev–Trinajstić information content (AvgIpc) is 2.15. The molecule has 0 aromatic carbocycles. The van der Waals surface area contributed by atoms with E-state index in [1.807, 2.05) is 0 Å². The van der Waals surface area contributed by atoms with E-state index in [1.165, 1.54) is 0 Å². The van der Waals surface area contributed by atoms with Gasteiger partial charge >= 0.3 is 0 Å². The second kappa shape index (κ2) is 6.88. The molecule has 0 spiro atoms. The van der Waals surface area contributed by atoms with Gasteiger partial charge in [0.2, 0.25) is 0 Å². The van der Waals surface area contributed by atoms with Crippen molar-refractivity contribution >= 4 is 21.6 Å². The largest absolute Gasteiger partial charge is 0.396 e. The van der Waals surface area contributed by atoms with Crippen molar-refractivity contribution in [1.82, 2.24) is 0 Å². The van der Waals surface area contributed by atoms with Gasteiger partial charge in [0, 0.05) is 13.0 Å². The topological polar surface area (TPSA) is 101 Å². The first-order valence-electron chi connectivity index (χ1n) is 3.65. The predicted molar refractivity (Wildman–Crippen MR) is 52.0 cm³/mol. The summed E-state index contributed by atoms with van der Waals surface area (Å²) >= 11 is 0. The molecule has 5 N–H and O–H groups in total. The summed E-state index contributed by atoms with van der Waals surface area (Å²) in [6.45, 7) is -1.18. The third-order valence-corrected chi connectivity index (χ3v) is 4.22. The van der Waals surface area contributed by atoms with Gasteiger partial charge in [-0.15, -0.1) is 0 Å². The van der Waals surface area contributed by atoms with E-state index in [1.54, 1.807) is 0 Å². The van der Waals surface area contributed by atoms with E-state index in [4.69, 9.17) is 20.4 Å². The Morgan fingerprint density at radius 3 is 2.23 bits per heavy atom. The van der Waals surface area contributed by atoms with Crippen molar-refractivity contribution in [1.29, 1.82) is 0 Å². The van der Waals surface area contributed by atoms with Crippen LogP contribution in [0.2, 0.25) is 0 Å². The van der Waals surface area contributed by atoms with Crippen LogP contribution < -0.4 is 0 Å². The monoisotopic (exact) mass is 230 g/mol. The van der Waals surface area contributed by atoms with E-state index in [0.29, 0.717) is 0 Å². The Hall–Kier alpha value is 0.500. The molecular formula is C6H14O5S2. The van der Waals surface area contributed by atoms with Gasteiger partial charge < -0.3 is 25.5 Å². The molecule has 0 saturated heterocycles. The van der Waals surface area contributed by atoms with Crippen molar-refractivity contribution in [2.24, 2.45) is 0 Å². The van der Waals surface area contributed by atoms with Crippen LogP contribution in [0.25, 0.3) is 0 Å². The standard InChI is InChI=1S/C6H14O5S2/c7-2-1-6(11,4-9)13-12-5(10)3-8/h5,7-11H,1-4H2. The first-order valence-corrected chi connectivity index (χ1v) is 5.87. The highest BCUT2D eigenvalue weighted by molar-refractivity contribution is 8.77. The first-order chi connectivity index (χ1) is 6.08. The molecule has 0 saturated carbocycles. The summed E-state index contributed by atoms with van der Waals surface area (Å²) in [7, 11) is 1.68. The summed E-state index contributed by atoms with van der Waals surface area (Å²) < 4.78 is 0. The minimum Gasteiger partial charge on any atom is -0.396 e. The van der Waals surface area contributed by atoms with Crippen molar-refractivity contribution in [2.45, 2.75) is 16.8 Å². The van der Waals surface area contributed by atoms with Gasteiger partial charge in [0.05, 0.1) is 13.2 Å². The maximum atomic E-state index is 9.50. The highest BCUT2D eigenvalue weighted by Crippen LogP contribution is 2.37. The molecule has 0 aliphatic carbocycles. The first kappa shape index (κ1) is 13.5. The van der Waals surface area contributed by atoms with Crippen LogP contribution in [-0.2, 0) is 0 Å². The van der Waals surface area contributed by atoms with Crippen molar-refractivity contribution < 1.29 is 25.5 Å². The van der Waals surface area contributed by atoms with Gasteiger partial charge in [-0.2, -0.15) is 0 Å². The summed E-state index contributed by atoms with van der Waals surface area (Å²) in [4.78, 5) is -1.46. The van der Waals surface area contributed by atoms with E-state index >= 15 is 0 Å². The molecule has 0 aliphatic rings. The fourth-order valence-corrected chi connectivity index (χ4v) is 2.54. The maximum absolute atomic E-state index is 9.50. The van der Waals surface area contributed by atoms with Gasteiger partial charge in [-0.25, -0.2) is 0 Å². The third kappa shape index (κ3) is 5.74. The lowest BCUT2D eigenvalue weighted by Gasteiger charge is -2.24. The summed E-state index contributed by atoms with van der Waals surface area (Å²) in [6.07, 6.45) is 0.0132. The lowest BCUT2D eigenvalue weighted by molar-refractivity contribution is 0.0446. The number of hydrogen-bond donors (Lipinski definition) is 5. The molecule has 0 heterocycles. The van der Waals surface area contributed by atoms with Gasteiger partial charge in [0.25, 0.3) is 0 Å². The van der Waals surface area contributed by atoms with Crippen LogP contribution in [0.5, 0.6) is 0 Å². The zero-order valence-corrected chi connectivity index (χ0v) is 8.59. The Morgan fingerprint density at radius 2 is 1.85 bits per heavy atom. The molecule has 2 atom stereocenters. The number of hydrogen-bond acceptors (Lipinski definition) is 7. The van der Waals surface area contributed by atoms with Crippen LogP contribution in [0.3, 0.4) is 0 Å². The summed E-state index contributed by atoms with van der Waals surface area (Å²) in [6, 6.07) is 0. The van der Waals surface area contributed by atoms with Crippen LogP contribution in [0.1, 0.15) is 6.42 Å². The molecule has 0 aromatic rings. The number of rotatable bonds is 7. The normalized spacial score (nSPS) is 18.2. The predicted octanol–water partition coefficient (Wildman–Crippen LogP) is -1.26. The van der Waals surface area contributed by atoms with Crippen molar-refractivity contribution in [2.75, 3.05) is 19.8 Å². The van der Waals surface area contributed by atoms with Gasteiger partial charge in [0.1, 0.15) is 10.4 Å². The Kier molecular flexibility index (Phi) is 7.15. The summed E-state index contributed by atoms with van der Waals surface area (Å²) in [5.41, 5.74) is -0.998. The quantitative estimate of drug-likeness (QED) is 0.275. The van der Waals surface area contributed by atoms with E-state index in [2.05, 4.69) is 0 Å². The van der Waals surface area contributed by atoms with Crippen LogP contribution in [0.4, 0.5) is 0 Å². The smallest absolute Gasteiger partial charge is 0.145 e. The van der Waals surface area contributed by atoms with Crippen LogP contribution in [0, 0.1) is 0 Å². The summed E-state index contributed by atoms with van der Waals surface area (Å²) in [5, 5.41) is 44.2. The summed E-state index contributed by atoms with van der Waals surface area (Å²) in [5.74, 6) is 0. The molecule has 5 nitrogen and oxygen atoms in total. The molecule has 0 fully saturated rings. The lowest BCUT2D eigenvalue weighted by atomic mass is 10.3. The molecule has 0 amide bonds. The highest BCUT2D eigenvalue weighted by atomic mass is 33.1. The molecule has 0 bridgehead atoms. The van der Waals surface area contributed by atoms with Gasteiger partial charge in [-0.1, -0.05) is 21.6 Å². The third-order valence-electron chi connectivity index (χ3n) is 1.22. The fourth-order valence-electron chi connectivity index (χ4n) is 0.497. The molecule has 0 aromatic heterocycles. The fraction of sp³-hybridized carbons (Fsp3) is 1.00. The molecule has 0 radical (unpaired) electrons. The van der Waals surface area contributed by atoms with E-state index in [-0.39, 0.29) is 13.0 Å². The van der Waals surface area contributed by atoms with Crippen LogP contribution >= 0.6 is 21.6 Å². The van der Waals surface area contributed by atoms with Gasteiger partial charge in [-0.3, -0.25) is 0 Å². The molecular weight excluding hydrogens is 216 g/mol. The Balaban J connectivity index is 3.82. The minimum atomic E-state index is -1.46. The number of aliphatic hydroxyl groups excluding tert-OH is 4. The molecule has 13 heavy (non-hydrogen) atoms. The Morgan fingerprint density at radius 1 is 1.23 bits per heavy atom. The lowest BCUT2D eigenvalue weighted by Crippen LogP contribution is -2.29. The minimum absolute atomic E-state index is 0.0132. The SMILES string of the molecule is OCCC(O)(CO)SSC(O)CO. The zero-order chi connectivity index (χ0) is 10.3. The zero-order valence-electron chi connectivity index (χ0n) is 6.96. The van der Waals surface area contributed by atoms with Crippen LogP contribution in [-0.4, -0.2) is 55.7 Å². The second-order valence-corrected chi connectivity index (χ2v) is 5.14. The molecule has 80 valence electrons.